The highest BCUT2D eigenvalue weighted by Crippen LogP contribution is 1.93. The van der Waals surface area contributed by atoms with Crippen molar-refractivity contribution in [3.8, 4) is 0 Å². The molecule has 0 fully saturated rings. The molecule has 0 radical (unpaired) electrons. The van der Waals surface area contributed by atoms with E-state index in [0.29, 0.717) is 0 Å². The number of hydrogen-bond donors (Lipinski definition) is 6. The van der Waals surface area contributed by atoms with Crippen molar-refractivity contribution in [2.75, 3.05) is 26.2 Å². The molecule has 94 valence electrons. The minimum absolute atomic E-state index is 0.160. The molecular formula is C8H18N4O4. The molecule has 8 N–H and O–H groups in total. The van der Waals surface area contributed by atoms with E-state index in [4.69, 9.17) is 11.5 Å². The van der Waals surface area contributed by atoms with Crippen LogP contribution in [0.15, 0.2) is 0 Å². The Bertz CT molecular complexity index is 212. The summed E-state index contributed by atoms with van der Waals surface area (Å²) in [6.07, 6.45) is -3.63. The summed E-state index contributed by atoms with van der Waals surface area (Å²) in [5.41, 5.74) is 10.3. The van der Waals surface area contributed by atoms with E-state index in [2.05, 4.69) is 10.6 Å². The van der Waals surface area contributed by atoms with Crippen molar-refractivity contribution in [3.05, 3.63) is 0 Å². The Morgan fingerprint density at radius 1 is 0.938 bits per heavy atom. The molecule has 0 aliphatic carbocycles. The maximum Gasteiger partial charge on any atom is 0.252 e. The smallest absolute Gasteiger partial charge is 0.252 e. The van der Waals surface area contributed by atoms with E-state index in [1.165, 1.54) is 0 Å². The topological polar surface area (TPSA) is 151 Å². The summed E-state index contributed by atoms with van der Waals surface area (Å²) in [5, 5.41) is 23.1. The fourth-order valence-corrected chi connectivity index (χ4v) is 0.887. The second-order valence-electron chi connectivity index (χ2n) is 3.05. The van der Waals surface area contributed by atoms with Crippen LogP contribution >= 0.6 is 0 Å². The van der Waals surface area contributed by atoms with Gasteiger partial charge in [0.15, 0.2) is 12.2 Å². The van der Waals surface area contributed by atoms with Gasteiger partial charge in [0.2, 0.25) is 0 Å². The number of carbonyl (C=O) groups excluding carboxylic acids is 2. The average molecular weight is 234 g/mol. The van der Waals surface area contributed by atoms with E-state index in [-0.39, 0.29) is 26.2 Å². The van der Waals surface area contributed by atoms with Crippen LogP contribution < -0.4 is 22.1 Å². The zero-order chi connectivity index (χ0) is 12.6. The SMILES string of the molecule is NCCNC(=O)[C@H](O)[C@@H](O)C(=O)NCCN. The Hall–Kier alpha value is -1.22. The fourth-order valence-electron chi connectivity index (χ4n) is 0.887. The first-order chi connectivity index (χ1) is 7.54. The maximum atomic E-state index is 11.1. The zero-order valence-corrected chi connectivity index (χ0v) is 8.85. The Kier molecular flexibility index (Phi) is 7.38. The molecule has 8 heteroatoms. The summed E-state index contributed by atoms with van der Waals surface area (Å²) in [4.78, 5) is 22.3. The lowest BCUT2D eigenvalue weighted by Gasteiger charge is -2.16. The third kappa shape index (κ3) is 5.03. The molecule has 16 heavy (non-hydrogen) atoms. The van der Waals surface area contributed by atoms with Crippen LogP contribution in [0, 0.1) is 0 Å². The third-order valence-corrected chi connectivity index (χ3v) is 1.72. The first kappa shape index (κ1) is 14.8. The molecule has 0 rings (SSSR count). The molecule has 0 aliphatic heterocycles. The lowest BCUT2D eigenvalue weighted by atomic mass is 10.2. The van der Waals surface area contributed by atoms with Crippen molar-refractivity contribution in [3.63, 3.8) is 0 Å². The van der Waals surface area contributed by atoms with Crippen LogP contribution in [-0.4, -0.2) is 60.4 Å². The van der Waals surface area contributed by atoms with E-state index >= 15 is 0 Å². The van der Waals surface area contributed by atoms with Crippen LogP contribution in [0.5, 0.6) is 0 Å². The van der Waals surface area contributed by atoms with Gasteiger partial charge in [-0.25, -0.2) is 0 Å². The maximum absolute atomic E-state index is 11.1. The Labute approximate surface area is 93.0 Å². The van der Waals surface area contributed by atoms with E-state index in [1.807, 2.05) is 0 Å². The van der Waals surface area contributed by atoms with Crippen LogP contribution in [0.1, 0.15) is 0 Å². The molecule has 8 nitrogen and oxygen atoms in total. The van der Waals surface area contributed by atoms with E-state index in [1.54, 1.807) is 0 Å². The van der Waals surface area contributed by atoms with Crippen molar-refractivity contribution in [1.82, 2.24) is 10.6 Å². The summed E-state index contributed by atoms with van der Waals surface area (Å²) in [7, 11) is 0. The predicted octanol–water partition coefficient (Wildman–Crippen LogP) is -4.14. The molecule has 0 bridgehead atoms. The molecule has 2 amide bonds. The molecule has 0 heterocycles. The van der Waals surface area contributed by atoms with Crippen LogP contribution in [0.2, 0.25) is 0 Å². The molecule has 0 aromatic heterocycles. The summed E-state index contributed by atoms with van der Waals surface area (Å²) in [6, 6.07) is 0. The highest BCUT2D eigenvalue weighted by Gasteiger charge is 2.29. The number of amides is 2. The largest absolute Gasteiger partial charge is 0.380 e. The van der Waals surface area contributed by atoms with Gasteiger partial charge in [-0.05, 0) is 0 Å². The van der Waals surface area contributed by atoms with Crippen molar-refractivity contribution in [1.29, 1.82) is 0 Å². The minimum atomic E-state index is -1.82. The van der Waals surface area contributed by atoms with Gasteiger partial charge in [-0.1, -0.05) is 0 Å². The van der Waals surface area contributed by atoms with Gasteiger partial charge in [-0.3, -0.25) is 9.59 Å². The number of nitrogens with one attached hydrogen (secondary N) is 2. The molecule has 0 aromatic carbocycles. The second-order valence-corrected chi connectivity index (χ2v) is 3.05. The Morgan fingerprint density at radius 2 is 1.25 bits per heavy atom. The van der Waals surface area contributed by atoms with Gasteiger partial charge in [0.1, 0.15) is 0 Å². The number of aliphatic hydroxyl groups is 2. The van der Waals surface area contributed by atoms with Crippen LogP contribution in [-0.2, 0) is 9.59 Å². The predicted molar refractivity (Wildman–Crippen MR) is 56.1 cm³/mol. The number of nitrogens with two attached hydrogens (primary N) is 2. The average Bonchev–Trinajstić information content (AvgIpc) is 2.30. The summed E-state index contributed by atoms with van der Waals surface area (Å²) in [6.45, 7) is 0.724. The van der Waals surface area contributed by atoms with E-state index < -0.39 is 24.0 Å². The van der Waals surface area contributed by atoms with Crippen molar-refractivity contribution in [2.24, 2.45) is 11.5 Å². The van der Waals surface area contributed by atoms with Gasteiger partial charge in [-0.15, -0.1) is 0 Å². The van der Waals surface area contributed by atoms with Crippen molar-refractivity contribution >= 4 is 11.8 Å². The Morgan fingerprint density at radius 3 is 1.50 bits per heavy atom. The van der Waals surface area contributed by atoms with Crippen LogP contribution in [0.4, 0.5) is 0 Å². The number of hydrogen-bond acceptors (Lipinski definition) is 6. The molecule has 0 unspecified atom stereocenters. The summed E-state index contributed by atoms with van der Waals surface area (Å²) < 4.78 is 0. The van der Waals surface area contributed by atoms with Gasteiger partial charge < -0.3 is 32.3 Å². The van der Waals surface area contributed by atoms with Gasteiger partial charge in [0.05, 0.1) is 0 Å². The number of carbonyl (C=O) groups is 2. The Balaban J connectivity index is 4.09. The molecule has 0 saturated heterocycles. The van der Waals surface area contributed by atoms with Gasteiger partial charge in [0.25, 0.3) is 11.8 Å². The van der Waals surface area contributed by atoms with Crippen molar-refractivity contribution in [2.45, 2.75) is 12.2 Å². The zero-order valence-electron chi connectivity index (χ0n) is 8.85. The lowest BCUT2D eigenvalue weighted by Crippen LogP contribution is -2.50. The second kappa shape index (κ2) is 7.99. The molecular weight excluding hydrogens is 216 g/mol. The van der Waals surface area contributed by atoms with Gasteiger partial charge >= 0.3 is 0 Å². The highest BCUT2D eigenvalue weighted by atomic mass is 16.3. The van der Waals surface area contributed by atoms with Gasteiger partial charge in [-0.2, -0.15) is 0 Å². The molecule has 0 saturated carbocycles. The summed E-state index contributed by atoms with van der Waals surface area (Å²) >= 11 is 0. The molecule has 0 aromatic rings. The first-order valence-electron chi connectivity index (χ1n) is 4.86. The van der Waals surface area contributed by atoms with Crippen LogP contribution in [0.3, 0.4) is 0 Å². The van der Waals surface area contributed by atoms with Crippen LogP contribution in [0.25, 0.3) is 0 Å². The summed E-state index contributed by atoms with van der Waals surface area (Å²) in [5.74, 6) is -1.69. The molecule has 0 spiro atoms. The number of rotatable bonds is 7. The van der Waals surface area contributed by atoms with E-state index in [0.717, 1.165) is 0 Å². The third-order valence-electron chi connectivity index (χ3n) is 1.72. The minimum Gasteiger partial charge on any atom is -0.380 e. The monoisotopic (exact) mass is 234 g/mol. The lowest BCUT2D eigenvalue weighted by molar-refractivity contribution is -0.145. The normalized spacial score (nSPS) is 14.0. The van der Waals surface area contributed by atoms with Gasteiger partial charge in [0, 0.05) is 26.2 Å². The fraction of sp³-hybridized carbons (Fsp3) is 0.750. The van der Waals surface area contributed by atoms with Crippen molar-refractivity contribution < 1.29 is 19.8 Å². The highest BCUT2D eigenvalue weighted by molar-refractivity contribution is 5.90. The quantitative estimate of drug-likeness (QED) is 0.263. The molecule has 0 aliphatic rings. The molecule has 2 atom stereocenters. The number of aliphatic hydroxyl groups excluding tert-OH is 2. The van der Waals surface area contributed by atoms with E-state index in [9.17, 15) is 19.8 Å². The first-order valence-corrected chi connectivity index (χ1v) is 4.86. The standard InChI is InChI=1S/C8H18N4O4/c9-1-3-11-7(15)5(13)6(14)8(16)12-4-2-10/h5-6,13-14H,1-4,9-10H2,(H,11,15)(H,12,16)/t5-,6-/m1/s1.